The van der Waals surface area contributed by atoms with Crippen LogP contribution in [0, 0.1) is 10.1 Å². The van der Waals surface area contributed by atoms with Crippen molar-refractivity contribution in [2.75, 3.05) is 7.11 Å². The van der Waals surface area contributed by atoms with Crippen LogP contribution in [0.15, 0.2) is 52.5 Å². The highest BCUT2D eigenvalue weighted by Crippen LogP contribution is 2.33. The van der Waals surface area contributed by atoms with Gasteiger partial charge in [-0.2, -0.15) is 10.1 Å². The SMILES string of the molecule is COc1ccc(C=C2SC(=S)N(N=Cc3cc([N+](=O)[O-])ccc3O)C2=O)cc1. The monoisotopic (exact) mass is 415 g/mol. The van der Waals surface area contributed by atoms with E-state index in [1.54, 1.807) is 37.5 Å². The third-order valence-corrected chi connectivity index (χ3v) is 5.00. The second kappa shape index (κ2) is 8.19. The number of carbonyl (C=O) groups is 1. The number of benzene rings is 2. The summed E-state index contributed by atoms with van der Waals surface area (Å²) < 4.78 is 5.31. The van der Waals surface area contributed by atoms with Crippen LogP contribution >= 0.6 is 24.0 Å². The number of ether oxygens (including phenoxy) is 1. The molecule has 142 valence electrons. The lowest BCUT2D eigenvalue weighted by Crippen LogP contribution is -2.22. The van der Waals surface area contributed by atoms with E-state index in [2.05, 4.69) is 5.10 Å². The Morgan fingerprint density at radius 1 is 1.29 bits per heavy atom. The van der Waals surface area contributed by atoms with Gasteiger partial charge in [0.25, 0.3) is 11.6 Å². The average molecular weight is 415 g/mol. The summed E-state index contributed by atoms with van der Waals surface area (Å²) in [5.74, 6) is 0.0756. The van der Waals surface area contributed by atoms with E-state index in [-0.39, 0.29) is 21.3 Å². The minimum atomic E-state index is -0.589. The first-order valence-corrected chi connectivity index (χ1v) is 9.05. The summed E-state index contributed by atoms with van der Waals surface area (Å²) in [6.45, 7) is 0. The number of nitro groups is 1. The van der Waals surface area contributed by atoms with Gasteiger partial charge in [0.15, 0.2) is 4.32 Å². The van der Waals surface area contributed by atoms with E-state index >= 15 is 0 Å². The number of phenolic OH excluding ortho intramolecular Hbond substituents is 1. The molecule has 8 nitrogen and oxygen atoms in total. The molecule has 2 aromatic rings. The molecule has 1 amide bonds. The molecule has 10 heteroatoms. The van der Waals surface area contributed by atoms with E-state index < -0.39 is 10.8 Å². The number of nitrogens with zero attached hydrogens (tertiary/aromatic N) is 3. The number of thiocarbonyl (C=S) groups is 1. The Morgan fingerprint density at radius 2 is 2.00 bits per heavy atom. The largest absolute Gasteiger partial charge is 0.507 e. The first-order valence-electron chi connectivity index (χ1n) is 7.82. The Morgan fingerprint density at radius 3 is 2.64 bits per heavy atom. The van der Waals surface area contributed by atoms with Crippen molar-refractivity contribution in [3.63, 3.8) is 0 Å². The Bertz CT molecular complexity index is 1020. The smallest absolute Gasteiger partial charge is 0.286 e. The maximum atomic E-state index is 12.6. The van der Waals surface area contributed by atoms with E-state index in [1.807, 2.05) is 0 Å². The van der Waals surface area contributed by atoms with Crippen molar-refractivity contribution in [3.8, 4) is 11.5 Å². The van der Waals surface area contributed by atoms with Crippen molar-refractivity contribution in [2.24, 2.45) is 5.10 Å². The molecule has 2 aromatic carbocycles. The number of methoxy groups -OCH3 is 1. The number of hydrogen-bond acceptors (Lipinski definition) is 8. The van der Waals surface area contributed by atoms with Gasteiger partial charge in [0.05, 0.1) is 23.2 Å². The van der Waals surface area contributed by atoms with Crippen molar-refractivity contribution in [2.45, 2.75) is 0 Å². The van der Waals surface area contributed by atoms with Crippen LogP contribution in [-0.4, -0.2) is 38.6 Å². The van der Waals surface area contributed by atoms with Crippen LogP contribution in [0.4, 0.5) is 5.69 Å². The van der Waals surface area contributed by atoms with Crippen molar-refractivity contribution in [1.82, 2.24) is 5.01 Å². The molecule has 1 fully saturated rings. The van der Waals surface area contributed by atoms with Crippen molar-refractivity contribution < 1.29 is 19.6 Å². The van der Waals surface area contributed by atoms with Gasteiger partial charge in [-0.25, -0.2) is 0 Å². The maximum absolute atomic E-state index is 12.6. The number of phenols is 1. The lowest BCUT2D eigenvalue weighted by Gasteiger charge is -2.06. The van der Waals surface area contributed by atoms with Crippen molar-refractivity contribution >= 4 is 52.2 Å². The molecule has 0 bridgehead atoms. The van der Waals surface area contributed by atoms with Gasteiger partial charge >= 0.3 is 0 Å². The Hall–Kier alpha value is -3.24. The van der Waals surface area contributed by atoms with Gasteiger partial charge in [-0.05, 0) is 42.1 Å². The third kappa shape index (κ3) is 4.18. The molecule has 0 aromatic heterocycles. The molecule has 1 aliphatic rings. The number of hydrogen-bond donors (Lipinski definition) is 1. The Kier molecular flexibility index (Phi) is 5.71. The fourth-order valence-corrected chi connectivity index (χ4v) is 3.46. The Balaban J connectivity index is 1.82. The first kappa shape index (κ1) is 19.5. The molecule has 0 saturated carbocycles. The lowest BCUT2D eigenvalue weighted by atomic mass is 10.2. The van der Waals surface area contributed by atoms with E-state index in [1.165, 1.54) is 12.1 Å². The summed E-state index contributed by atoms with van der Waals surface area (Å²) in [4.78, 5) is 23.2. The predicted octanol–water partition coefficient (Wildman–Crippen LogP) is 3.54. The summed E-state index contributed by atoms with van der Waals surface area (Å²) in [6.07, 6.45) is 2.84. The minimum Gasteiger partial charge on any atom is -0.507 e. The molecule has 1 aliphatic heterocycles. The van der Waals surface area contributed by atoms with Gasteiger partial charge in [-0.1, -0.05) is 23.9 Å². The topological polar surface area (TPSA) is 105 Å². The molecule has 28 heavy (non-hydrogen) atoms. The fourth-order valence-electron chi connectivity index (χ4n) is 2.29. The standard InChI is InChI=1S/C18H13N3O5S2/c1-26-14-5-2-11(3-6-14)8-16-17(23)20(18(27)28-16)19-10-12-9-13(21(24)25)4-7-15(12)22/h2-10,22H,1H3. The minimum absolute atomic E-state index is 0.0994. The molecule has 3 rings (SSSR count). The molecular weight excluding hydrogens is 402 g/mol. The molecule has 1 saturated heterocycles. The summed E-state index contributed by atoms with van der Waals surface area (Å²) in [5, 5.41) is 25.7. The quantitative estimate of drug-likeness (QED) is 0.262. The number of carbonyl (C=O) groups excluding carboxylic acids is 1. The number of hydrazone groups is 1. The van der Waals surface area contributed by atoms with Crippen LogP contribution in [0.3, 0.4) is 0 Å². The highest BCUT2D eigenvalue weighted by atomic mass is 32.2. The number of rotatable bonds is 5. The Labute approximate surface area is 169 Å². The van der Waals surface area contributed by atoms with Gasteiger partial charge in [0.1, 0.15) is 11.5 Å². The van der Waals surface area contributed by atoms with Crippen LogP contribution in [-0.2, 0) is 4.79 Å². The van der Waals surface area contributed by atoms with E-state index in [9.17, 15) is 20.0 Å². The van der Waals surface area contributed by atoms with Gasteiger partial charge in [0, 0.05) is 17.7 Å². The van der Waals surface area contributed by atoms with Crippen molar-refractivity contribution in [1.29, 1.82) is 0 Å². The van der Waals surface area contributed by atoms with Gasteiger partial charge in [-0.3, -0.25) is 14.9 Å². The summed E-state index contributed by atoms with van der Waals surface area (Å²) in [5.41, 5.74) is 0.688. The van der Waals surface area contributed by atoms with Crippen LogP contribution in [0.5, 0.6) is 11.5 Å². The summed E-state index contributed by atoms with van der Waals surface area (Å²) in [6, 6.07) is 10.7. The van der Waals surface area contributed by atoms with E-state index in [4.69, 9.17) is 17.0 Å². The molecule has 0 unspecified atom stereocenters. The normalized spacial score (nSPS) is 15.6. The highest BCUT2D eigenvalue weighted by Gasteiger charge is 2.32. The van der Waals surface area contributed by atoms with Crippen molar-refractivity contribution in [3.05, 3.63) is 68.6 Å². The summed E-state index contributed by atoms with van der Waals surface area (Å²) >= 11 is 6.28. The molecular formula is C18H13N3O5S2. The van der Waals surface area contributed by atoms with Gasteiger partial charge < -0.3 is 9.84 Å². The number of non-ortho nitro benzene ring substituents is 1. The fraction of sp³-hybridized carbons (Fsp3) is 0.0556. The predicted molar refractivity (Wildman–Crippen MR) is 110 cm³/mol. The average Bonchev–Trinajstić information content (AvgIpc) is 2.94. The van der Waals surface area contributed by atoms with Crippen LogP contribution in [0.1, 0.15) is 11.1 Å². The molecule has 0 atom stereocenters. The first-order chi connectivity index (χ1) is 13.4. The number of thioether (sulfide) groups is 1. The molecule has 1 N–H and O–H groups in total. The number of amides is 1. The van der Waals surface area contributed by atoms with Gasteiger partial charge in [-0.15, -0.1) is 0 Å². The molecule has 1 heterocycles. The van der Waals surface area contributed by atoms with Crippen LogP contribution in [0.2, 0.25) is 0 Å². The number of nitro benzene ring substituents is 1. The zero-order chi connectivity index (χ0) is 20.3. The maximum Gasteiger partial charge on any atom is 0.286 e. The molecule has 0 radical (unpaired) electrons. The highest BCUT2D eigenvalue weighted by molar-refractivity contribution is 8.26. The lowest BCUT2D eigenvalue weighted by molar-refractivity contribution is -0.384. The van der Waals surface area contributed by atoms with E-state index in [0.717, 1.165) is 34.6 Å². The molecule has 0 spiro atoms. The molecule has 0 aliphatic carbocycles. The van der Waals surface area contributed by atoms with Crippen LogP contribution < -0.4 is 4.74 Å². The zero-order valence-electron chi connectivity index (χ0n) is 14.4. The van der Waals surface area contributed by atoms with Gasteiger partial charge in [0.2, 0.25) is 0 Å². The van der Waals surface area contributed by atoms with Crippen LogP contribution in [0.25, 0.3) is 6.08 Å². The van der Waals surface area contributed by atoms with E-state index in [0.29, 0.717) is 10.7 Å². The second-order valence-corrected chi connectivity index (χ2v) is 7.19. The third-order valence-electron chi connectivity index (χ3n) is 3.72. The summed E-state index contributed by atoms with van der Waals surface area (Å²) in [7, 11) is 1.57. The number of aromatic hydroxyl groups is 1. The second-order valence-electron chi connectivity index (χ2n) is 5.51. The zero-order valence-corrected chi connectivity index (χ0v) is 16.1.